The number of fused-ring (bicyclic) bond motifs is 1. The van der Waals surface area contributed by atoms with Crippen LogP contribution in [0.4, 0.5) is 0 Å². The van der Waals surface area contributed by atoms with Gasteiger partial charge in [0.2, 0.25) is 0 Å². The first-order valence-electron chi connectivity index (χ1n) is 9.69. The summed E-state index contributed by atoms with van der Waals surface area (Å²) in [6.45, 7) is 5.84. The lowest BCUT2D eigenvalue weighted by molar-refractivity contribution is 0.534. The van der Waals surface area contributed by atoms with Crippen molar-refractivity contribution >= 4 is 40.9 Å². The summed E-state index contributed by atoms with van der Waals surface area (Å²) in [5, 5.41) is 16.0. The number of hydrogen-bond acceptors (Lipinski definition) is 4. The quantitative estimate of drug-likeness (QED) is 0.228. The number of guanidine groups is 1. The molecule has 0 spiro atoms. The highest BCUT2D eigenvalue weighted by atomic mass is 127. The summed E-state index contributed by atoms with van der Waals surface area (Å²) in [5.41, 5.74) is 3.06. The number of nitrogens with zero attached hydrogens (tertiary/aromatic N) is 4. The van der Waals surface area contributed by atoms with Gasteiger partial charge in [0.15, 0.2) is 11.8 Å². The fraction of sp³-hybridized carbons (Fsp3) is 0.227. The normalized spacial score (nSPS) is 11.3. The van der Waals surface area contributed by atoms with E-state index < -0.39 is 0 Å². The van der Waals surface area contributed by atoms with Crippen LogP contribution in [0.15, 0.2) is 70.3 Å². The summed E-state index contributed by atoms with van der Waals surface area (Å²) in [5.74, 6) is 2.38. The molecule has 2 aromatic heterocycles. The molecule has 8 heteroatoms. The maximum Gasteiger partial charge on any atom is 0.192 e. The SMILES string of the molecule is CCNC(=NCc1nncn1-c1ccccc1)NCc1oc2ccccc2c1C.I. The van der Waals surface area contributed by atoms with Crippen molar-refractivity contribution in [1.82, 2.24) is 25.4 Å². The number of aromatic nitrogens is 3. The van der Waals surface area contributed by atoms with E-state index in [1.165, 1.54) is 0 Å². The summed E-state index contributed by atoms with van der Waals surface area (Å²) >= 11 is 0. The number of nitrogens with one attached hydrogen (secondary N) is 2. The summed E-state index contributed by atoms with van der Waals surface area (Å²) in [7, 11) is 0. The Balaban J connectivity index is 0.00000256. The smallest absolute Gasteiger partial charge is 0.192 e. The van der Waals surface area contributed by atoms with Crippen molar-refractivity contribution in [3.8, 4) is 5.69 Å². The highest BCUT2D eigenvalue weighted by Gasteiger charge is 2.11. The minimum absolute atomic E-state index is 0. The number of para-hydroxylation sites is 2. The molecule has 0 bridgehead atoms. The maximum absolute atomic E-state index is 5.98. The van der Waals surface area contributed by atoms with E-state index >= 15 is 0 Å². The van der Waals surface area contributed by atoms with Crippen LogP contribution in [0, 0.1) is 6.92 Å². The molecule has 2 N–H and O–H groups in total. The van der Waals surface area contributed by atoms with Crippen LogP contribution >= 0.6 is 24.0 Å². The van der Waals surface area contributed by atoms with Crippen LogP contribution in [0.25, 0.3) is 16.7 Å². The Kier molecular flexibility index (Phi) is 7.45. The molecule has 0 amide bonds. The van der Waals surface area contributed by atoms with Gasteiger partial charge in [-0.1, -0.05) is 36.4 Å². The van der Waals surface area contributed by atoms with Gasteiger partial charge in [-0.2, -0.15) is 0 Å². The Bertz CT molecular complexity index is 1120. The molecule has 0 fully saturated rings. The first-order valence-corrected chi connectivity index (χ1v) is 9.69. The van der Waals surface area contributed by atoms with E-state index in [0.717, 1.165) is 40.3 Å². The van der Waals surface area contributed by atoms with Crippen LogP contribution in [0.5, 0.6) is 0 Å². The van der Waals surface area contributed by atoms with Gasteiger partial charge in [-0.15, -0.1) is 34.2 Å². The minimum Gasteiger partial charge on any atom is -0.459 e. The van der Waals surface area contributed by atoms with Gasteiger partial charge in [-0.25, -0.2) is 4.99 Å². The van der Waals surface area contributed by atoms with Crippen LogP contribution < -0.4 is 10.6 Å². The van der Waals surface area contributed by atoms with Gasteiger partial charge in [-0.05, 0) is 32.0 Å². The molecule has 0 unspecified atom stereocenters. The van der Waals surface area contributed by atoms with Crippen molar-refractivity contribution < 1.29 is 4.42 Å². The molecule has 0 saturated heterocycles. The summed E-state index contributed by atoms with van der Waals surface area (Å²) < 4.78 is 7.92. The minimum atomic E-state index is 0. The molecule has 2 heterocycles. The fourth-order valence-electron chi connectivity index (χ4n) is 3.22. The van der Waals surface area contributed by atoms with Crippen molar-refractivity contribution in [3.05, 3.63) is 78.1 Å². The average Bonchev–Trinajstić information content (AvgIpc) is 3.35. The molecule has 0 saturated carbocycles. The van der Waals surface area contributed by atoms with Crippen molar-refractivity contribution in [2.45, 2.75) is 26.9 Å². The first-order chi connectivity index (χ1) is 14.3. The van der Waals surface area contributed by atoms with E-state index in [-0.39, 0.29) is 24.0 Å². The molecule has 4 rings (SSSR count). The molecular weight excluding hydrogens is 491 g/mol. The molecule has 7 nitrogen and oxygen atoms in total. The third kappa shape index (κ3) is 4.81. The largest absolute Gasteiger partial charge is 0.459 e. The highest BCUT2D eigenvalue weighted by Crippen LogP contribution is 2.24. The molecule has 2 aromatic carbocycles. The van der Waals surface area contributed by atoms with E-state index in [1.807, 2.05) is 60.0 Å². The van der Waals surface area contributed by atoms with E-state index in [2.05, 4.69) is 38.8 Å². The van der Waals surface area contributed by atoms with Crippen molar-refractivity contribution in [3.63, 3.8) is 0 Å². The molecule has 30 heavy (non-hydrogen) atoms. The van der Waals surface area contributed by atoms with Gasteiger partial charge < -0.3 is 15.1 Å². The first kappa shape index (κ1) is 21.8. The van der Waals surface area contributed by atoms with E-state index in [9.17, 15) is 0 Å². The van der Waals surface area contributed by atoms with Crippen molar-refractivity contribution in [1.29, 1.82) is 0 Å². The lowest BCUT2D eigenvalue weighted by Gasteiger charge is -2.11. The lowest BCUT2D eigenvalue weighted by atomic mass is 10.1. The number of halogens is 1. The van der Waals surface area contributed by atoms with E-state index in [0.29, 0.717) is 19.0 Å². The predicted octanol–water partition coefficient (Wildman–Crippen LogP) is 4.20. The number of hydrogen-bond donors (Lipinski definition) is 2. The molecular formula is C22H25IN6O. The predicted molar refractivity (Wildman–Crippen MR) is 129 cm³/mol. The molecule has 0 aliphatic rings. The van der Waals surface area contributed by atoms with E-state index in [4.69, 9.17) is 4.42 Å². The number of aliphatic imine (C=N–C) groups is 1. The Labute approximate surface area is 192 Å². The third-order valence-corrected chi connectivity index (χ3v) is 4.73. The van der Waals surface area contributed by atoms with Crippen molar-refractivity contribution in [2.75, 3.05) is 6.54 Å². The average molecular weight is 516 g/mol. The van der Waals surface area contributed by atoms with E-state index in [1.54, 1.807) is 6.33 Å². The zero-order valence-corrected chi connectivity index (χ0v) is 19.3. The third-order valence-electron chi connectivity index (χ3n) is 4.73. The zero-order valence-electron chi connectivity index (χ0n) is 17.0. The van der Waals surface area contributed by atoms with Gasteiger partial charge in [0.1, 0.15) is 24.2 Å². The van der Waals surface area contributed by atoms with Gasteiger partial charge in [0.25, 0.3) is 0 Å². The van der Waals surface area contributed by atoms with Gasteiger partial charge in [-0.3, -0.25) is 4.57 Å². The fourth-order valence-corrected chi connectivity index (χ4v) is 3.22. The molecule has 0 aliphatic heterocycles. The number of furan rings is 1. The molecule has 4 aromatic rings. The zero-order chi connectivity index (χ0) is 20.1. The molecule has 0 aliphatic carbocycles. The van der Waals surface area contributed by atoms with Crippen LogP contribution in [0.2, 0.25) is 0 Å². The topological polar surface area (TPSA) is 80.3 Å². The number of aryl methyl sites for hydroxylation is 1. The second-order valence-electron chi connectivity index (χ2n) is 6.65. The Hall–Kier alpha value is -2.88. The molecule has 156 valence electrons. The Morgan fingerprint density at radius 3 is 2.60 bits per heavy atom. The maximum atomic E-state index is 5.98. The highest BCUT2D eigenvalue weighted by molar-refractivity contribution is 14.0. The summed E-state index contributed by atoms with van der Waals surface area (Å²) in [6.07, 6.45) is 1.71. The van der Waals surface area contributed by atoms with Crippen LogP contribution in [-0.4, -0.2) is 27.3 Å². The standard InChI is InChI=1S/C22H24N6O.HI/c1-3-23-22(24-13-20-16(2)18-11-7-8-12-19(18)29-20)25-14-21-27-26-15-28(21)17-9-5-4-6-10-17;/h4-12,15H,3,13-14H2,1-2H3,(H2,23,24,25);1H. The Morgan fingerprint density at radius 1 is 1.07 bits per heavy atom. The number of rotatable bonds is 6. The van der Waals surface area contributed by atoms with Gasteiger partial charge >= 0.3 is 0 Å². The summed E-state index contributed by atoms with van der Waals surface area (Å²) in [4.78, 5) is 4.67. The van der Waals surface area contributed by atoms with Gasteiger partial charge in [0.05, 0.1) is 6.54 Å². The lowest BCUT2D eigenvalue weighted by Crippen LogP contribution is -2.36. The van der Waals surface area contributed by atoms with Crippen LogP contribution in [-0.2, 0) is 13.1 Å². The Morgan fingerprint density at radius 2 is 1.83 bits per heavy atom. The molecule has 0 radical (unpaired) electrons. The van der Waals surface area contributed by atoms with Crippen molar-refractivity contribution in [2.24, 2.45) is 4.99 Å². The second-order valence-corrected chi connectivity index (χ2v) is 6.65. The van der Waals surface area contributed by atoms with Crippen LogP contribution in [0.3, 0.4) is 0 Å². The number of benzene rings is 2. The summed E-state index contributed by atoms with van der Waals surface area (Å²) in [6, 6.07) is 18.1. The van der Waals surface area contributed by atoms with Gasteiger partial charge in [0, 0.05) is 23.2 Å². The molecule has 0 atom stereocenters. The second kappa shape index (κ2) is 10.2. The van der Waals surface area contributed by atoms with Crippen LogP contribution in [0.1, 0.15) is 24.1 Å². The monoisotopic (exact) mass is 516 g/mol.